The van der Waals surface area contributed by atoms with Crippen molar-refractivity contribution in [3.63, 3.8) is 0 Å². The Labute approximate surface area is 167 Å². The first kappa shape index (κ1) is 20.2. The van der Waals surface area contributed by atoms with Crippen LogP contribution in [0, 0.1) is 0 Å². The molecule has 1 aliphatic rings. The highest BCUT2D eigenvalue weighted by molar-refractivity contribution is 7.99. The van der Waals surface area contributed by atoms with Crippen LogP contribution in [0.4, 0.5) is 4.79 Å². The highest BCUT2D eigenvalue weighted by atomic mass is 32.2. The molecule has 0 heterocycles. The van der Waals surface area contributed by atoms with Gasteiger partial charge in [0.25, 0.3) is 0 Å². The van der Waals surface area contributed by atoms with Crippen LogP contribution in [0.25, 0.3) is 11.1 Å². The Morgan fingerprint density at radius 2 is 1.68 bits per heavy atom. The standard InChI is InChI=1S/C21H23NO5S/c23-10-5-11-28-13-19(20(24)25)22-21(26)27-12-18-16-8-3-1-6-14(16)15-7-2-4-9-17(15)18/h1-4,6-9,18-19,23H,5,10-13H2,(H,22,26)(H,24,25)/t19-/m0/s1. The molecule has 1 aliphatic carbocycles. The van der Waals surface area contributed by atoms with Crippen molar-refractivity contribution in [1.29, 1.82) is 0 Å². The summed E-state index contributed by atoms with van der Waals surface area (Å²) in [6.07, 6.45) is -0.154. The van der Waals surface area contributed by atoms with Crippen molar-refractivity contribution in [1.82, 2.24) is 5.32 Å². The molecule has 6 nitrogen and oxygen atoms in total. The zero-order valence-electron chi connectivity index (χ0n) is 15.3. The lowest BCUT2D eigenvalue weighted by Gasteiger charge is -2.17. The van der Waals surface area contributed by atoms with Gasteiger partial charge in [-0.3, -0.25) is 0 Å². The van der Waals surface area contributed by atoms with Gasteiger partial charge in [0, 0.05) is 18.3 Å². The van der Waals surface area contributed by atoms with Gasteiger partial charge in [-0.25, -0.2) is 9.59 Å². The zero-order valence-corrected chi connectivity index (χ0v) is 16.2. The van der Waals surface area contributed by atoms with Crippen molar-refractivity contribution in [3.05, 3.63) is 59.7 Å². The van der Waals surface area contributed by atoms with E-state index in [9.17, 15) is 14.7 Å². The number of carboxylic acid groups (broad SMARTS) is 1. The number of hydrogen-bond donors (Lipinski definition) is 3. The summed E-state index contributed by atoms with van der Waals surface area (Å²) in [4.78, 5) is 23.5. The number of aliphatic carboxylic acids is 1. The van der Waals surface area contributed by atoms with E-state index in [1.165, 1.54) is 11.8 Å². The lowest BCUT2D eigenvalue weighted by molar-refractivity contribution is -0.138. The summed E-state index contributed by atoms with van der Waals surface area (Å²) in [6.45, 7) is 0.203. The second-order valence-corrected chi connectivity index (χ2v) is 7.66. The summed E-state index contributed by atoms with van der Waals surface area (Å²) in [5, 5.41) is 20.5. The fraction of sp³-hybridized carbons (Fsp3) is 0.333. The van der Waals surface area contributed by atoms with Crippen molar-refractivity contribution in [3.8, 4) is 11.1 Å². The van der Waals surface area contributed by atoms with Gasteiger partial charge in [0.05, 0.1) is 0 Å². The van der Waals surface area contributed by atoms with E-state index in [1.807, 2.05) is 36.4 Å². The first-order chi connectivity index (χ1) is 13.6. The summed E-state index contributed by atoms with van der Waals surface area (Å²) >= 11 is 1.37. The summed E-state index contributed by atoms with van der Waals surface area (Å²) in [6, 6.07) is 15.0. The average molecular weight is 401 g/mol. The molecule has 0 radical (unpaired) electrons. The highest BCUT2D eigenvalue weighted by Crippen LogP contribution is 2.44. The molecule has 1 amide bonds. The van der Waals surface area contributed by atoms with E-state index in [0.29, 0.717) is 12.2 Å². The SMILES string of the molecule is O=C(N[C@@H](CSCCCO)C(=O)O)OCC1c2ccccc2-c2ccccc21. The molecule has 3 N–H and O–H groups in total. The molecular formula is C21H23NO5S. The highest BCUT2D eigenvalue weighted by Gasteiger charge is 2.29. The molecule has 28 heavy (non-hydrogen) atoms. The topological polar surface area (TPSA) is 95.9 Å². The molecule has 0 saturated carbocycles. The van der Waals surface area contributed by atoms with Gasteiger partial charge in [-0.05, 0) is 34.4 Å². The van der Waals surface area contributed by atoms with Crippen LogP contribution in [0.3, 0.4) is 0 Å². The van der Waals surface area contributed by atoms with E-state index >= 15 is 0 Å². The predicted molar refractivity (Wildman–Crippen MR) is 109 cm³/mol. The smallest absolute Gasteiger partial charge is 0.407 e. The van der Waals surface area contributed by atoms with Gasteiger partial charge < -0.3 is 20.3 Å². The third-order valence-electron chi connectivity index (χ3n) is 4.67. The summed E-state index contributed by atoms with van der Waals surface area (Å²) in [5.74, 6) is -0.322. The number of amides is 1. The van der Waals surface area contributed by atoms with Crippen LogP contribution < -0.4 is 5.32 Å². The number of carboxylic acids is 1. The molecule has 0 aromatic heterocycles. The van der Waals surface area contributed by atoms with E-state index in [1.54, 1.807) is 0 Å². The molecule has 0 saturated heterocycles. The van der Waals surface area contributed by atoms with Gasteiger partial charge in [0.15, 0.2) is 0 Å². The Bertz CT molecular complexity index is 796. The first-order valence-corrected chi connectivity index (χ1v) is 10.3. The third kappa shape index (κ3) is 4.66. The lowest BCUT2D eigenvalue weighted by Crippen LogP contribution is -2.43. The van der Waals surface area contributed by atoms with Crippen molar-refractivity contribution in [2.45, 2.75) is 18.4 Å². The Balaban J connectivity index is 1.60. The number of carbonyl (C=O) groups is 2. The number of benzene rings is 2. The Morgan fingerprint density at radius 1 is 1.07 bits per heavy atom. The maximum atomic E-state index is 12.2. The molecule has 0 bridgehead atoms. The number of hydrogen-bond acceptors (Lipinski definition) is 5. The molecule has 1 atom stereocenters. The summed E-state index contributed by atoms with van der Waals surface area (Å²) < 4.78 is 5.39. The molecular weight excluding hydrogens is 378 g/mol. The summed E-state index contributed by atoms with van der Waals surface area (Å²) in [7, 11) is 0. The predicted octanol–water partition coefficient (Wildman–Crippen LogP) is 3.09. The summed E-state index contributed by atoms with van der Waals surface area (Å²) in [5.41, 5.74) is 4.48. The molecule has 0 spiro atoms. The van der Waals surface area contributed by atoms with Crippen LogP contribution in [-0.4, -0.2) is 53.0 Å². The number of carbonyl (C=O) groups excluding carboxylic acids is 1. The molecule has 0 unspecified atom stereocenters. The van der Waals surface area contributed by atoms with E-state index in [2.05, 4.69) is 17.4 Å². The van der Waals surface area contributed by atoms with Gasteiger partial charge in [0.1, 0.15) is 12.6 Å². The maximum absolute atomic E-state index is 12.2. The minimum Gasteiger partial charge on any atom is -0.480 e. The first-order valence-electron chi connectivity index (χ1n) is 9.14. The van der Waals surface area contributed by atoms with Gasteiger partial charge in [-0.2, -0.15) is 11.8 Å². The van der Waals surface area contributed by atoms with Crippen molar-refractivity contribution >= 4 is 23.8 Å². The normalized spacial score (nSPS) is 13.5. The number of rotatable bonds is 9. The van der Waals surface area contributed by atoms with Crippen LogP contribution >= 0.6 is 11.8 Å². The number of ether oxygens (including phenoxy) is 1. The van der Waals surface area contributed by atoms with Gasteiger partial charge >= 0.3 is 12.1 Å². The number of nitrogens with one attached hydrogen (secondary N) is 1. The number of aliphatic hydroxyl groups excluding tert-OH is 1. The number of thioether (sulfide) groups is 1. The molecule has 7 heteroatoms. The van der Waals surface area contributed by atoms with Gasteiger partial charge in [-0.1, -0.05) is 48.5 Å². The van der Waals surface area contributed by atoms with Gasteiger partial charge in [-0.15, -0.1) is 0 Å². The lowest BCUT2D eigenvalue weighted by atomic mass is 9.98. The van der Waals surface area contributed by atoms with Crippen molar-refractivity contribution in [2.75, 3.05) is 24.7 Å². The molecule has 148 valence electrons. The molecule has 0 fully saturated rings. The zero-order chi connectivity index (χ0) is 19.9. The molecule has 2 aromatic rings. The average Bonchev–Trinajstić information content (AvgIpc) is 3.02. The molecule has 3 rings (SSSR count). The van der Waals surface area contributed by atoms with E-state index < -0.39 is 18.1 Å². The van der Waals surface area contributed by atoms with Crippen LogP contribution in [0.15, 0.2) is 48.5 Å². The fourth-order valence-corrected chi connectivity index (χ4v) is 4.29. The minimum absolute atomic E-state index is 0.0601. The number of aliphatic hydroxyl groups is 1. The molecule has 2 aromatic carbocycles. The largest absolute Gasteiger partial charge is 0.480 e. The van der Waals surface area contributed by atoms with Crippen molar-refractivity contribution in [2.24, 2.45) is 0 Å². The fourth-order valence-electron chi connectivity index (χ4n) is 3.32. The Morgan fingerprint density at radius 3 is 2.25 bits per heavy atom. The third-order valence-corrected chi connectivity index (χ3v) is 5.81. The second kappa shape index (κ2) is 9.61. The van der Waals surface area contributed by atoms with E-state index in [-0.39, 0.29) is 24.9 Å². The quantitative estimate of drug-likeness (QED) is 0.559. The van der Waals surface area contributed by atoms with Crippen LogP contribution in [0.2, 0.25) is 0 Å². The van der Waals surface area contributed by atoms with Crippen LogP contribution in [0.5, 0.6) is 0 Å². The maximum Gasteiger partial charge on any atom is 0.407 e. The molecule has 0 aliphatic heterocycles. The van der Waals surface area contributed by atoms with Gasteiger partial charge in [0.2, 0.25) is 0 Å². The van der Waals surface area contributed by atoms with Crippen LogP contribution in [-0.2, 0) is 9.53 Å². The number of alkyl carbamates (subject to hydrolysis) is 1. The number of fused-ring (bicyclic) bond motifs is 3. The second-order valence-electron chi connectivity index (χ2n) is 6.51. The monoisotopic (exact) mass is 401 g/mol. The minimum atomic E-state index is -1.11. The van der Waals surface area contributed by atoms with Crippen molar-refractivity contribution < 1.29 is 24.5 Å². The Hall–Kier alpha value is -2.51. The van der Waals surface area contributed by atoms with E-state index in [0.717, 1.165) is 22.3 Å². The Kier molecular flexibility index (Phi) is 6.95. The van der Waals surface area contributed by atoms with Crippen LogP contribution in [0.1, 0.15) is 23.5 Å². The van der Waals surface area contributed by atoms with E-state index in [4.69, 9.17) is 9.84 Å².